The third kappa shape index (κ3) is 2.53. The number of halogens is 4. The summed E-state index contributed by atoms with van der Waals surface area (Å²) in [4.78, 5) is 8.23. The predicted molar refractivity (Wildman–Crippen MR) is 75.7 cm³/mol. The van der Waals surface area contributed by atoms with E-state index in [1.165, 1.54) is 12.1 Å². The number of aromatic nitrogens is 3. The van der Waals surface area contributed by atoms with Crippen LogP contribution in [0.25, 0.3) is 11.2 Å². The van der Waals surface area contributed by atoms with Crippen LogP contribution >= 0.6 is 27.5 Å². The third-order valence-corrected chi connectivity index (χ3v) is 3.51. The Labute approximate surface area is 126 Å². The van der Waals surface area contributed by atoms with Gasteiger partial charge in [0.2, 0.25) is 5.28 Å². The molecule has 0 amide bonds. The molecule has 0 fully saturated rings. The Hall–Kier alpha value is -1.53. The number of benzene rings is 1. The Bertz CT molecular complexity index is 783. The van der Waals surface area contributed by atoms with Crippen LogP contribution in [0, 0.1) is 11.6 Å². The zero-order valence-electron chi connectivity index (χ0n) is 9.95. The highest BCUT2D eigenvalue weighted by molar-refractivity contribution is 9.10. The van der Waals surface area contributed by atoms with Crippen molar-refractivity contribution in [2.24, 2.45) is 0 Å². The molecule has 20 heavy (non-hydrogen) atoms. The fourth-order valence-corrected chi connectivity index (χ4v) is 2.54. The molecule has 102 valence electrons. The van der Waals surface area contributed by atoms with Crippen molar-refractivity contribution in [3.05, 3.63) is 57.4 Å². The Balaban J connectivity index is 2.10. The summed E-state index contributed by atoms with van der Waals surface area (Å²) in [6.07, 6.45) is 1.61. The second-order valence-electron chi connectivity index (χ2n) is 4.24. The first kappa shape index (κ1) is 13.5. The molecule has 0 bridgehead atoms. The Morgan fingerprint density at radius 3 is 2.55 bits per heavy atom. The minimum atomic E-state index is -0.625. The van der Waals surface area contributed by atoms with Gasteiger partial charge in [-0.05, 0) is 51.3 Å². The second-order valence-corrected chi connectivity index (χ2v) is 5.49. The largest absolute Gasteiger partial charge is 0.309 e. The van der Waals surface area contributed by atoms with E-state index in [4.69, 9.17) is 11.6 Å². The van der Waals surface area contributed by atoms with Crippen LogP contribution in [0.1, 0.15) is 5.56 Å². The van der Waals surface area contributed by atoms with Crippen molar-refractivity contribution in [2.45, 2.75) is 6.54 Å². The van der Waals surface area contributed by atoms with Crippen molar-refractivity contribution in [2.75, 3.05) is 0 Å². The van der Waals surface area contributed by atoms with E-state index in [9.17, 15) is 8.78 Å². The van der Waals surface area contributed by atoms with E-state index in [0.717, 1.165) is 10.5 Å². The molecule has 0 aliphatic carbocycles. The van der Waals surface area contributed by atoms with Crippen LogP contribution in [0.2, 0.25) is 5.28 Å². The van der Waals surface area contributed by atoms with Crippen molar-refractivity contribution < 1.29 is 8.78 Å². The van der Waals surface area contributed by atoms with Gasteiger partial charge >= 0.3 is 0 Å². The topological polar surface area (TPSA) is 30.7 Å². The highest BCUT2D eigenvalue weighted by atomic mass is 79.9. The van der Waals surface area contributed by atoms with Crippen molar-refractivity contribution in [1.82, 2.24) is 14.5 Å². The summed E-state index contributed by atoms with van der Waals surface area (Å²) in [5.41, 5.74) is 1.63. The molecular weight excluding hydrogens is 352 g/mol. The van der Waals surface area contributed by atoms with E-state index < -0.39 is 11.6 Å². The fourth-order valence-electron chi connectivity index (χ4n) is 1.99. The number of hydrogen-bond acceptors (Lipinski definition) is 2. The molecule has 7 heteroatoms. The molecule has 0 N–H and O–H groups in total. The monoisotopic (exact) mass is 357 g/mol. The number of nitrogens with zero attached hydrogens (tertiary/aromatic N) is 3. The second kappa shape index (κ2) is 5.10. The molecule has 0 aliphatic heterocycles. The van der Waals surface area contributed by atoms with Crippen molar-refractivity contribution in [3.63, 3.8) is 0 Å². The first-order valence-electron chi connectivity index (χ1n) is 5.65. The van der Waals surface area contributed by atoms with Gasteiger partial charge in [0.25, 0.3) is 0 Å². The summed E-state index contributed by atoms with van der Waals surface area (Å²) < 4.78 is 28.8. The Morgan fingerprint density at radius 1 is 1.15 bits per heavy atom. The maximum absolute atomic E-state index is 13.2. The van der Waals surface area contributed by atoms with Gasteiger partial charge in [-0.3, -0.25) is 0 Å². The van der Waals surface area contributed by atoms with Crippen molar-refractivity contribution in [3.8, 4) is 0 Å². The van der Waals surface area contributed by atoms with Gasteiger partial charge in [0.05, 0.1) is 12.1 Å². The summed E-state index contributed by atoms with van der Waals surface area (Å²) in [5, 5.41) is 0.218. The van der Waals surface area contributed by atoms with Crippen LogP contribution in [-0.2, 0) is 6.54 Å². The van der Waals surface area contributed by atoms with E-state index in [-0.39, 0.29) is 11.8 Å². The van der Waals surface area contributed by atoms with Crippen LogP contribution in [0.15, 0.2) is 34.9 Å². The van der Waals surface area contributed by atoms with E-state index in [1.807, 2.05) is 0 Å². The summed E-state index contributed by atoms with van der Waals surface area (Å²) in [6.45, 7) is 0.210. The molecule has 0 atom stereocenters. The van der Waals surface area contributed by atoms with Crippen LogP contribution in [0.4, 0.5) is 8.78 Å². The van der Waals surface area contributed by atoms with Gasteiger partial charge in [-0.1, -0.05) is 0 Å². The van der Waals surface area contributed by atoms with Crippen LogP contribution in [0.5, 0.6) is 0 Å². The molecule has 0 spiro atoms. The van der Waals surface area contributed by atoms with Gasteiger partial charge in [-0.2, -0.15) is 4.98 Å². The summed E-state index contributed by atoms with van der Waals surface area (Å²) >= 11 is 9.38. The maximum Gasteiger partial charge on any atom is 0.205 e. The van der Waals surface area contributed by atoms with Gasteiger partial charge in [0.15, 0.2) is 5.65 Å². The molecule has 0 unspecified atom stereocenters. The maximum atomic E-state index is 13.2. The smallest absolute Gasteiger partial charge is 0.205 e. The predicted octanol–water partition coefficient (Wildman–Crippen LogP) is 4.17. The number of rotatable bonds is 2. The molecule has 2 heterocycles. The molecule has 3 rings (SSSR count). The Kier molecular flexibility index (Phi) is 3.43. The first-order valence-corrected chi connectivity index (χ1v) is 6.82. The van der Waals surface area contributed by atoms with E-state index in [1.54, 1.807) is 16.8 Å². The molecule has 1 aromatic carbocycles. The molecule has 0 radical (unpaired) electrons. The average molecular weight is 359 g/mol. The van der Waals surface area contributed by atoms with Crippen molar-refractivity contribution in [1.29, 1.82) is 0 Å². The lowest BCUT2D eigenvalue weighted by atomic mass is 10.2. The highest BCUT2D eigenvalue weighted by Crippen LogP contribution is 2.23. The fraction of sp³-hybridized carbons (Fsp3) is 0.0769. The van der Waals surface area contributed by atoms with Crippen molar-refractivity contribution >= 4 is 38.7 Å². The summed E-state index contributed by atoms with van der Waals surface area (Å²) in [5.74, 6) is -1.25. The molecule has 2 aromatic heterocycles. The number of hydrogen-bond donors (Lipinski definition) is 0. The number of pyridine rings is 1. The zero-order chi connectivity index (χ0) is 14.3. The molecular formula is C13H7BrClF2N3. The minimum Gasteiger partial charge on any atom is -0.309 e. The lowest BCUT2D eigenvalue weighted by Gasteiger charge is -2.06. The summed E-state index contributed by atoms with van der Waals surface area (Å²) in [6, 6.07) is 5.15. The van der Waals surface area contributed by atoms with E-state index >= 15 is 0 Å². The zero-order valence-corrected chi connectivity index (χ0v) is 12.3. The van der Waals surface area contributed by atoms with Gasteiger partial charge in [-0.15, -0.1) is 0 Å². The molecule has 0 saturated heterocycles. The quantitative estimate of drug-likeness (QED) is 0.688. The normalized spacial score (nSPS) is 11.2. The summed E-state index contributed by atoms with van der Waals surface area (Å²) in [7, 11) is 0. The van der Waals surface area contributed by atoms with Gasteiger partial charge in [0.1, 0.15) is 11.6 Å². The van der Waals surface area contributed by atoms with Gasteiger partial charge in [0, 0.05) is 16.7 Å². The Morgan fingerprint density at radius 2 is 1.85 bits per heavy atom. The van der Waals surface area contributed by atoms with E-state index in [2.05, 4.69) is 25.9 Å². The van der Waals surface area contributed by atoms with Gasteiger partial charge in [-0.25, -0.2) is 13.8 Å². The van der Waals surface area contributed by atoms with E-state index in [0.29, 0.717) is 16.7 Å². The lowest BCUT2D eigenvalue weighted by Crippen LogP contribution is -2.01. The molecule has 3 aromatic rings. The SMILES string of the molecule is Fc1cc(F)cc(Cn2c(Cl)nc3ncc(Br)cc32)c1. The molecule has 0 aliphatic rings. The molecule has 0 saturated carbocycles. The standard InChI is InChI=1S/C13H7BrClF2N3/c14-8-3-11-12(18-5-8)19-13(15)20(11)6-7-1-9(16)4-10(17)2-7/h1-5H,6H2. The first-order chi connectivity index (χ1) is 9.52. The lowest BCUT2D eigenvalue weighted by molar-refractivity contribution is 0.578. The number of fused-ring (bicyclic) bond motifs is 1. The number of imidazole rings is 1. The minimum absolute atomic E-state index is 0.210. The van der Waals surface area contributed by atoms with Gasteiger partial charge < -0.3 is 4.57 Å². The van der Waals surface area contributed by atoms with Crippen LogP contribution in [0.3, 0.4) is 0 Å². The highest BCUT2D eigenvalue weighted by Gasteiger charge is 2.12. The van der Waals surface area contributed by atoms with Crippen LogP contribution in [-0.4, -0.2) is 14.5 Å². The average Bonchev–Trinajstić information content (AvgIpc) is 2.65. The third-order valence-electron chi connectivity index (χ3n) is 2.79. The molecule has 3 nitrogen and oxygen atoms in total. The van der Waals surface area contributed by atoms with Crippen LogP contribution < -0.4 is 0 Å².